The number of piperazine rings is 1. The molecule has 1 N–H and O–H groups in total. The average Bonchev–Trinajstić information content (AvgIpc) is 2.27. The molecule has 94 valence electrons. The second-order valence-corrected chi connectivity index (χ2v) is 4.94. The van der Waals surface area contributed by atoms with Crippen LogP contribution in [0.1, 0.15) is 5.56 Å². The van der Waals surface area contributed by atoms with E-state index in [2.05, 4.69) is 21.2 Å². The first-order valence-electron chi connectivity index (χ1n) is 5.39. The van der Waals surface area contributed by atoms with Gasteiger partial charge >= 0.3 is 0 Å². The van der Waals surface area contributed by atoms with E-state index in [0.717, 1.165) is 10.0 Å². The van der Waals surface area contributed by atoms with Gasteiger partial charge in [0.25, 0.3) is 0 Å². The molecule has 1 saturated heterocycles. The van der Waals surface area contributed by atoms with E-state index < -0.39 is 11.8 Å². The lowest BCUT2D eigenvalue weighted by Gasteiger charge is -2.25. The lowest BCUT2D eigenvalue weighted by atomic mass is 10.1. The minimum atomic E-state index is -0.436. The molecule has 3 amide bonds. The topological polar surface area (TPSA) is 66.5 Å². The molecular formula is C12H11BrN2O3. The number of nitrogens with zero attached hydrogens (tertiary/aromatic N) is 1. The average molecular weight is 311 g/mol. The fraction of sp³-hybridized carbons (Fsp3) is 0.250. The van der Waals surface area contributed by atoms with Crippen LogP contribution in [0.5, 0.6) is 0 Å². The molecule has 0 saturated carbocycles. The first-order valence-corrected chi connectivity index (χ1v) is 6.19. The Labute approximate surface area is 112 Å². The van der Waals surface area contributed by atoms with Crippen molar-refractivity contribution in [3.63, 3.8) is 0 Å². The van der Waals surface area contributed by atoms with Gasteiger partial charge in [-0.05, 0) is 17.7 Å². The number of carbonyl (C=O) groups is 3. The first kappa shape index (κ1) is 12.8. The van der Waals surface area contributed by atoms with Gasteiger partial charge in [0, 0.05) is 4.47 Å². The summed E-state index contributed by atoms with van der Waals surface area (Å²) >= 11 is 3.32. The molecule has 18 heavy (non-hydrogen) atoms. The molecule has 1 aliphatic rings. The summed E-state index contributed by atoms with van der Waals surface area (Å²) in [5, 5.41) is 2.16. The van der Waals surface area contributed by atoms with E-state index in [4.69, 9.17) is 0 Å². The van der Waals surface area contributed by atoms with Crippen LogP contribution in [0.3, 0.4) is 0 Å². The molecule has 1 aromatic carbocycles. The van der Waals surface area contributed by atoms with Gasteiger partial charge in [-0.15, -0.1) is 0 Å². The van der Waals surface area contributed by atoms with Crippen molar-refractivity contribution < 1.29 is 14.4 Å². The zero-order valence-corrected chi connectivity index (χ0v) is 11.1. The zero-order chi connectivity index (χ0) is 13.1. The molecule has 0 atom stereocenters. The summed E-state index contributed by atoms with van der Waals surface area (Å²) in [6.07, 6.45) is 0.181. The lowest BCUT2D eigenvalue weighted by Crippen LogP contribution is -2.53. The van der Waals surface area contributed by atoms with Crippen molar-refractivity contribution in [3.05, 3.63) is 34.3 Å². The van der Waals surface area contributed by atoms with Gasteiger partial charge in [-0.2, -0.15) is 0 Å². The van der Waals surface area contributed by atoms with Gasteiger partial charge in [0.15, 0.2) is 0 Å². The number of rotatable bonds is 2. The molecule has 0 unspecified atom stereocenters. The van der Waals surface area contributed by atoms with Crippen LogP contribution in [0, 0.1) is 0 Å². The van der Waals surface area contributed by atoms with Gasteiger partial charge < -0.3 is 4.90 Å². The summed E-state index contributed by atoms with van der Waals surface area (Å²) in [5.74, 6) is -1.10. The van der Waals surface area contributed by atoms with Crippen LogP contribution in [-0.4, -0.2) is 35.7 Å². The molecule has 6 heteroatoms. The summed E-state index contributed by atoms with van der Waals surface area (Å²) in [4.78, 5) is 35.5. The number of imide groups is 1. The molecule has 0 aliphatic carbocycles. The minimum absolute atomic E-state index is 0.0570. The number of nitrogens with one attached hydrogen (secondary N) is 1. The van der Waals surface area contributed by atoms with Crippen molar-refractivity contribution in [3.8, 4) is 0 Å². The van der Waals surface area contributed by atoms with E-state index in [1.54, 1.807) is 0 Å². The Hall–Kier alpha value is -1.69. The standard InChI is InChI=1S/C12H11BrN2O3/c13-9-3-1-2-8(4-9)5-12(18)15-6-10(16)14-11(17)7-15/h1-4H,5-7H2,(H,14,16,17). The molecule has 2 rings (SSSR count). The predicted molar refractivity (Wildman–Crippen MR) is 67.6 cm³/mol. The summed E-state index contributed by atoms with van der Waals surface area (Å²) in [7, 11) is 0. The zero-order valence-electron chi connectivity index (χ0n) is 9.48. The third-order valence-electron chi connectivity index (χ3n) is 2.54. The minimum Gasteiger partial charge on any atom is -0.324 e. The lowest BCUT2D eigenvalue weighted by molar-refractivity contribution is -0.145. The molecule has 0 spiro atoms. The van der Waals surface area contributed by atoms with Crippen LogP contribution in [0.2, 0.25) is 0 Å². The number of carbonyl (C=O) groups excluding carboxylic acids is 3. The van der Waals surface area contributed by atoms with Crippen molar-refractivity contribution in [1.29, 1.82) is 0 Å². The first-order chi connectivity index (χ1) is 8.54. The molecule has 0 bridgehead atoms. The van der Waals surface area contributed by atoms with E-state index >= 15 is 0 Å². The van der Waals surface area contributed by atoms with Crippen molar-refractivity contribution in [2.24, 2.45) is 0 Å². The highest BCUT2D eigenvalue weighted by atomic mass is 79.9. The quantitative estimate of drug-likeness (QED) is 0.808. The van der Waals surface area contributed by atoms with Crippen molar-refractivity contribution >= 4 is 33.7 Å². The SMILES string of the molecule is O=C1CN(C(=O)Cc2cccc(Br)c2)CC(=O)N1. The van der Waals surface area contributed by atoms with E-state index in [1.807, 2.05) is 24.3 Å². The van der Waals surface area contributed by atoms with E-state index in [-0.39, 0.29) is 25.4 Å². The van der Waals surface area contributed by atoms with Crippen LogP contribution in [0.15, 0.2) is 28.7 Å². The van der Waals surface area contributed by atoms with Gasteiger partial charge in [-0.3, -0.25) is 19.7 Å². The van der Waals surface area contributed by atoms with Gasteiger partial charge in [0.2, 0.25) is 17.7 Å². The summed E-state index contributed by atoms with van der Waals surface area (Å²) in [6.45, 7) is -0.114. The highest BCUT2D eigenvalue weighted by Crippen LogP contribution is 2.13. The van der Waals surface area contributed by atoms with E-state index in [9.17, 15) is 14.4 Å². The summed E-state index contributed by atoms with van der Waals surface area (Å²) < 4.78 is 0.889. The number of halogens is 1. The van der Waals surface area contributed by atoms with Gasteiger partial charge in [0.1, 0.15) is 13.1 Å². The molecule has 1 heterocycles. The van der Waals surface area contributed by atoms with Crippen molar-refractivity contribution in [2.75, 3.05) is 13.1 Å². The molecule has 5 nitrogen and oxygen atoms in total. The Morgan fingerprint density at radius 3 is 2.56 bits per heavy atom. The third kappa shape index (κ3) is 3.16. The highest BCUT2D eigenvalue weighted by Gasteiger charge is 2.26. The number of hydrogen-bond acceptors (Lipinski definition) is 3. The molecular weight excluding hydrogens is 300 g/mol. The molecule has 0 radical (unpaired) electrons. The van der Waals surface area contributed by atoms with Crippen LogP contribution in [0.4, 0.5) is 0 Å². The summed E-state index contributed by atoms with van der Waals surface area (Å²) in [5.41, 5.74) is 0.841. The molecule has 1 aromatic rings. The highest BCUT2D eigenvalue weighted by molar-refractivity contribution is 9.10. The fourth-order valence-electron chi connectivity index (χ4n) is 1.75. The number of hydrogen-bond donors (Lipinski definition) is 1. The monoisotopic (exact) mass is 310 g/mol. The van der Waals surface area contributed by atoms with Crippen LogP contribution < -0.4 is 5.32 Å². The maximum Gasteiger partial charge on any atom is 0.246 e. The number of amides is 3. The Balaban J connectivity index is 2.03. The number of benzene rings is 1. The molecule has 1 fully saturated rings. The Morgan fingerprint density at radius 1 is 1.28 bits per heavy atom. The van der Waals surface area contributed by atoms with Crippen LogP contribution in [-0.2, 0) is 20.8 Å². The van der Waals surface area contributed by atoms with E-state index in [0.29, 0.717) is 0 Å². The second-order valence-electron chi connectivity index (χ2n) is 4.03. The Kier molecular flexibility index (Phi) is 3.76. The third-order valence-corrected chi connectivity index (χ3v) is 3.04. The van der Waals surface area contributed by atoms with Crippen LogP contribution >= 0.6 is 15.9 Å². The van der Waals surface area contributed by atoms with Gasteiger partial charge in [-0.1, -0.05) is 28.1 Å². The molecule has 1 aliphatic heterocycles. The molecule has 0 aromatic heterocycles. The fourth-order valence-corrected chi connectivity index (χ4v) is 2.19. The predicted octanol–water partition coefficient (Wildman–Crippen LogP) is 0.477. The van der Waals surface area contributed by atoms with Crippen LogP contribution in [0.25, 0.3) is 0 Å². The Bertz CT molecular complexity index is 500. The largest absolute Gasteiger partial charge is 0.324 e. The van der Waals surface area contributed by atoms with E-state index in [1.165, 1.54) is 4.90 Å². The Morgan fingerprint density at radius 2 is 1.94 bits per heavy atom. The maximum absolute atomic E-state index is 11.9. The van der Waals surface area contributed by atoms with Gasteiger partial charge in [0.05, 0.1) is 6.42 Å². The second kappa shape index (κ2) is 5.30. The van der Waals surface area contributed by atoms with Gasteiger partial charge in [-0.25, -0.2) is 0 Å². The van der Waals surface area contributed by atoms with Crippen molar-refractivity contribution in [2.45, 2.75) is 6.42 Å². The van der Waals surface area contributed by atoms with Crippen molar-refractivity contribution in [1.82, 2.24) is 10.2 Å². The maximum atomic E-state index is 11.9. The smallest absolute Gasteiger partial charge is 0.246 e. The normalized spacial score (nSPS) is 15.5. The summed E-state index contributed by atoms with van der Waals surface area (Å²) in [6, 6.07) is 7.37.